The van der Waals surface area contributed by atoms with Gasteiger partial charge in [0.15, 0.2) is 0 Å². The third kappa shape index (κ3) is 8.25. The van der Waals surface area contributed by atoms with Crippen molar-refractivity contribution in [2.75, 3.05) is 12.4 Å². The summed E-state index contributed by atoms with van der Waals surface area (Å²) in [6, 6.07) is 0. The zero-order valence-corrected chi connectivity index (χ0v) is 9.40. The van der Waals surface area contributed by atoms with Crippen LogP contribution in [0.4, 0.5) is 0 Å². The van der Waals surface area contributed by atoms with E-state index < -0.39 is 10.1 Å². The molecule has 0 atom stereocenters. The Morgan fingerprint density at radius 1 is 1.00 bits per heavy atom. The topological polar surface area (TPSA) is 43.4 Å². The number of rotatable bonds is 8. The first-order valence-corrected chi connectivity index (χ1v) is 6.57. The standard InChI is InChI=1S/C9H20O3S/c1-3-5-6-7-8-9-12-13(10,11)4-2/h3-9H2,1-2H3. The second-order valence-corrected chi connectivity index (χ2v) is 5.01. The molecule has 0 fully saturated rings. The molecular formula is C9H20O3S. The molecule has 80 valence electrons. The van der Waals surface area contributed by atoms with Gasteiger partial charge in [0.05, 0.1) is 12.4 Å². The highest BCUT2D eigenvalue weighted by Gasteiger charge is 2.05. The fraction of sp³-hybridized carbons (Fsp3) is 1.00. The maximum absolute atomic E-state index is 10.9. The number of hydrogen-bond acceptors (Lipinski definition) is 3. The second kappa shape index (κ2) is 7.33. The Bertz CT molecular complexity index is 197. The van der Waals surface area contributed by atoms with Gasteiger partial charge in [0, 0.05) is 0 Å². The maximum atomic E-state index is 10.9. The van der Waals surface area contributed by atoms with Crippen LogP contribution in [-0.2, 0) is 14.3 Å². The second-order valence-electron chi connectivity index (χ2n) is 3.08. The van der Waals surface area contributed by atoms with Crippen molar-refractivity contribution in [3.8, 4) is 0 Å². The van der Waals surface area contributed by atoms with Crippen LogP contribution < -0.4 is 0 Å². The molecule has 0 aromatic heterocycles. The van der Waals surface area contributed by atoms with Gasteiger partial charge >= 0.3 is 0 Å². The van der Waals surface area contributed by atoms with E-state index in [9.17, 15) is 8.42 Å². The molecule has 0 saturated carbocycles. The van der Waals surface area contributed by atoms with Crippen LogP contribution in [-0.4, -0.2) is 20.8 Å². The molecule has 4 heteroatoms. The summed E-state index contributed by atoms with van der Waals surface area (Å²) in [5.74, 6) is 0.0714. The van der Waals surface area contributed by atoms with Gasteiger partial charge in [-0.2, -0.15) is 8.42 Å². The Hall–Kier alpha value is -0.0900. The summed E-state index contributed by atoms with van der Waals surface area (Å²) in [6.07, 6.45) is 5.51. The Morgan fingerprint density at radius 2 is 1.62 bits per heavy atom. The fourth-order valence-electron chi connectivity index (χ4n) is 0.975. The monoisotopic (exact) mass is 208 g/mol. The van der Waals surface area contributed by atoms with Crippen molar-refractivity contribution in [1.29, 1.82) is 0 Å². The van der Waals surface area contributed by atoms with E-state index in [0.717, 1.165) is 12.8 Å². The minimum atomic E-state index is -3.21. The van der Waals surface area contributed by atoms with Gasteiger partial charge in [-0.15, -0.1) is 0 Å². The lowest BCUT2D eigenvalue weighted by atomic mass is 10.2. The molecule has 0 aromatic carbocycles. The molecule has 0 aromatic rings. The van der Waals surface area contributed by atoms with Crippen molar-refractivity contribution in [2.45, 2.75) is 46.0 Å². The third-order valence-corrected chi connectivity index (χ3v) is 3.10. The van der Waals surface area contributed by atoms with E-state index in [-0.39, 0.29) is 5.75 Å². The van der Waals surface area contributed by atoms with Gasteiger partial charge in [-0.25, -0.2) is 0 Å². The van der Waals surface area contributed by atoms with Gasteiger partial charge in [-0.3, -0.25) is 4.18 Å². The molecule has 0 bridgehead atoms. The van der Waals surface area contributed by atoms with Gasteiger partial charge in [0.25, 0.3) is 10.1 Å². The predicted octanol–water partition coefficient (Wildman–Crippen LogP) is 2.32. The molecule has 0 spiro atoms. The smallest absolute Gasteiger partial charge is 0.267 e. The molecular weight excluding hydrogens is 188 g/mol. The van der Waals surface area contributed by atoms with Gasteiger partial charge in [0.2, 0.25) is 0 Å². The van der Waals surface area contributed by atoms with Gasteiger partial charge in [-0.05, 0) is 13.3 Å². The van der Waals surface area contributed by atoms with Crippen molar-refractivity contribution in [1.82, 2.24) is 0 Å². The van der Waals surface area contributed by atoms with E-state index in [2.05, 4.69) is 6.92 Å². The van der Waals surface area contributed by atoms with Crippen LogP contribution in [0.5, 0.6) is 0 Å². The summed E-state index contributed by atoms with van der Waals surface area (Å²) in [5.41, 5.74) is 0. The van der Waals surface area contributed by atoms with Gasteiger partial charge < -0.3 is 0 Å². The van der Waals surface area contributed by atoms with Crippen LogP contribution in [0.2, 0.25) is 0 Å². The Kier molecular flexibility index (Phi) is 7.28. The van der Waals surface area contributed by atoms with Crippen molar-refractivity contribution >= 4 is 10.1 Å². The van der Waals surface area contributed by atoms with Gasteiger partial charge in [-0.1, -0.05) is 32.6 Å². The molecule has 0 radical (unpaired) electrons. The molecule has 0 aliphatic carbocycles. The summed E-state index contributed by atoms with van der Waals surface area (Å²) in [5, 5.41) is 0. The molecule has 3 nitrogen and oxygen atoms in total. The van der Waals surface area contributed by atoms with Crippen LogP contribution in [0.25, 0.3) is 0 Å². The van der Waals surface area contributed by atoms with Gasteiger partial charge in [0.1, 0.15) is 0 Å². The molecule has 13 heavy (non-hydrogen) atoms. The number of unbranched alkanes of at least 4 members (excludes halogenated alkanes) is 4. The highest BCUT2D eigenvalue weighted by atomic mass is 32.2. The van der Waals surface area contributed by atoms with Crippen LogP contribution in [0, 0.1) is 0 Å². The Morgan fingerprint density at radius 3 is 2.15 bits per heavy atom. The summed E-state index contributed by atoms with van der Waals surface area (Å²) >= 11 is 0. The zero-order chi connectivity index (χ0) is 10.2. The Labute approximate surface area is 81.6 Å². The van der Waals surface area contributed by atoms with Crippen molar-refractivity contribution < 1.29 is 12.6 Å². The Balaban J connectivity index is 3.26. The van der Waals surface area contributed by atoms with E-state index in [0.29, 0.717) is 6.61 Å². The van der Waals surface area contributed by atoms with Crippen molar-refractivity contribution in [3.05, 3.63) is 0 Å². The number of hydrogen-bond donors (Lipinski definition) is 0. The summed E-state index contributed by atoms with van der Waals surface area (Å²) in [6.45, 7) is 4.09. The SMILES string of the molecule is CCCCCCCOS(=O)(=O)CC. The predicted molar refractivity (Wildman–Crippen MR) is 54.2 cm³/mol. The minimum absolute atomic E-state index is 0.0714. The van der Waals surface area contributed by atoms with Crippen LogP contribution in [0.3, 0.4) is 0 Å². The lowest BCUT2D eigenvalue weighted by Gasteiger charge is -2.02. The van der Waals surface area contributed by atoms with E-state index in [1.807, 2.05) is 0 Å². The first kappa shape index (κ1) is 12.9. The fourth-order valence-corrected chi connectivity index (χ4v) is 1.51. The highest BCUT2D eigenvalue weighted by molar-refractivity contribution is 7.86. The van der Waals surface area contributed by atoms with Crippen LogP contribution in [0.15, 0.2) is 0 Å². The molecule has 0 heterocycles. The normalized spacial score (nSPS) is 11.8. The van der Waals surface area contributed by atoms with E-state index in [4.69, 9.17) is 4.18 Å². The lowest BCUT2D eigenvalue weighted by molar-refractivity contribution is 0.307. The first-order chi connectivity index (χ1) is 6.12. The van der Waals surface area contributed by atoms with E-state index in [1.165, 1.54) is 19.3 Å². The maximum Gasteiger partial charge on any atom is 0.267 e. The average molecular weight is 208 g/mol. The molecule has 0 aliphatic rings. The third-order valence-electron chi connectivity index (χ3n) is 1.86. The average Bonchev–Trinajstić information content (AvgIpc) is 2.11. The van der Waals surface area contributed by atoms with E-state index in [1.54, 1.807) is 6.92 Å². The largest absolute Gasteiger partial charge is 0.270 e. The molecule has 0 amide bonds. The minimum Gasteiger partial charge on any atom is -0.270 e. The van der Waals surface area contributed by atoms with E-state index >= 15 is 0 Å². The molecule has 0 rings (SSSR count). The van der Waals surface area contributed by atoms with Crippen molar-refractivity contribution in [3.63, 3.8) is 0 Å². The van der Waals surface area contributed by atoms with Crippen LogP contribution >= 0.6 is 0 Å². The summed E-state index contributed by atoms with van der Waals surface area (Å²) < 4.78 is 26.5. The highest BCUT2D eigenvalue weighted by Crippen LogP contribution is 2.03. The zero-order valence-electron chi connectivity index (χ0n) is 8.58. The molecule has 0 unspecified atom stereocenters. The molecule has 0 N–H and O–H groups in total. The van der Waals surface area contributed by atoms with Crippen molar-refractivity contribution in [2.24, 2.45) is 0 Å². The lowest BCUT2D eigenvalue weighted by Crippen LogP contribution is -2.08. The quantitative estimate of drug-likeness (QED) is 0.454. The summed E-state index contributed by atoms with van der Waals surface area (Å²) in [7, 11) is -3.21. The molecule has 0 aliphatic heterocycles. The first-order valence-electron chi connectivity index (χ1n) is 4.99. The molecule has 0 saturated heterocycles. The summed E-state index contributed by atoms with van der Waals surface area (Å²) in [4.78, 5) is 0. The van der Waals surface area contributed by atoms with Crippen LogP contribution in [0.1, 0.15) is 46.0 Å².